The number of ether oxygens (including phenoxy) is 1. The average Bonchev–Trinajstić information content (AvgIpc) is 2.81. The fraction of sp³-hybridized carbons (Fsp3) is 0.455. The molecule has 0 unspecified atom stereocenters. The molecule has 0 amide bonds. The van der Waals surface area contributed by atoms with Crippen LogP contribution in [-0.4, -0.2) is 48.5 Å². The van der Waals surface area contributed by atoms with Crippen LogP contribution in [0.1, 0.15) is 5.69 Å². The van der Waals surface area contributed by atoms with E-state index < -0.39 is 0 Å². The summed E-state index contributed by atoms with van der Waals surface area (Å²) in [6.07, 6.45) is 3.94. The number of rotatable bonds is 2. The van der Waals surface area contributed by atoms with E-state index in [0.717, 1.165) is 49.1 Å². The van der Waals surface area contributed by atoms with Crippen LogP contribution < -0.4 is 16.2 Å². The predicted molar refractivity (Wildman–Crippen MR) is 72.1 cm³/mol. The van der Waals surface area contributed by atoms with Crippen LogP contribution in [-0.2, 0) is 11.3 Å². The van der Waals surface area contributed by atoms with Crippen molar-refractivity contribution in [3.63, 3.8) is 0 Å². The van der Waals surface area contributed by atoms with Gasteiger partial charge in [0, 0.05) is 37.6 Å². The number of nitrogens with zero attached hydrogens (tertiary/aromatic N) is 4. The zero-order valence-corrected chi connectivity index (χ0v) is 10.5. The summed E-state index contributed by atoms with van der Waals surface area (Å²) in [5.41, 5.74) is 8.39. The van der Waals surface area contributed by atoms with Gasteiger partial charge in [0.1, 0.15) is 0 Å². The van der Waals surface area contributed by atoms with Gasteiger partial charge in [0.05, 0.1) is 18.9 Å². The number of aromatic nitrogens is 3. The van der Waals surface area contributed by atoms with Crippen LogP contribution in [0, 0.1) is 0 Å². The molecule has 2 N–H and O–H groups in total. The maximum Gasteiger partial charge on any atom is 0.180 e. The molecular weight excluding hydrogens is 229 g/mol. The first-order valence-electron chi connectivity index (χ1n) is 6.16. The lowest BCUT2D eigenvalue weighted by atomic mass is 10.1. The van der Waals surface area contributed by atoms with Gasteiger partial charge in [-0.25, -0.2) is 9.97 Å². The van der Waals surface area contributed by atoms with Gasteiger partial charge in [0.2, 0.25) is 0 Å². The maximum atomic E-state index is 5.65. The molecule has 1 aliphatic rings. The first-order valence-corrected chi connectivity index (χ1v) is 6.16. The molecule has 1 aliphatic heterocycles. The summed E-state index contributed by atoms with van der Waals surface area (Å²) >= 11 is 0. The summed E-state index contributed by atoms with van der Waals surface area (Å²) < 4.78 is 7.38. The van der Waals surface area contributed by atoms with Gasteiger partial charge in [-0.1, -0.05) is 0 Å². The van der Waals surface area contributed by atoms with Crippen LogP contribution in [0.25, 0.3) is 5.65 Å². The lowest BCUT2D eigenvalue weighted by Crippen LogP contribution is -2.38. The van der Waals surface area contributed by atoms with Crippen molar-refractivity contribution in [2.24, 2.45) is 5.73 Å². The number of hydrogen-bond acceptors (Lipinski definition) is 5. The van der Waals surface area contributed by atoms with Crippen molar-refractivity contribution in [1.29, 1.82) is 0 Å². The van der Waals surface area contributed by atoms with Gasteiger partial charge in [-0.2, -0.15) is 0 Å². The minimum Gasteiger partial charge on any atom is -0.378 e. The van der Waals surface area contributed by atoms with Crippen LogP contribution >= 0.6 is 0 Å². The van der Waals surface area contributed by atoms with E-state index in [1.807, 2.05) is 24.6 Å². The van der Waals surface area contributed by atoms with Crippen molar-refractivity contribution in [3.05, 3.63) is 18.1 Å². The molecule has 1 fully saturated rings. The van der Waals surface area contributed by atoms with E-state index in [2.05, 4.69) is 14.9 Å². The number of fused-ring (bicyclic) bond motifs is 1. The highest BCUT2D eigenvalue weighted by Gasteiger charge is 2.17. The van der Waals surface area contributed by atoms with E-state index in [4.69, 9.17) is 10.5 Å². The van der Waals surface area contributed by atoms with Crippen LogP contribution in [0.4, 0.5) is 5.82 Å². The highest BCUT2D eigenvalue weighted by Crippen LogP contribution is 2.18. The average molecular weight is 245 g/mol. The standard InChI is InChI=1S/C11H16BN5O/c12-9-7-17-6-8(5-13)14-10(17)11(15-9)16-1-3-18-4-2-16/h6-7H,1-5,12-13H2. The zero-order chi connectivity index (χ0) is 12.5. The number of anilines is 1. The van der Waals surface area contributed by atoms with Gasteiger partial charge in [-0.15, -0.1) is 0 Å². The first-order chi connectivity index (χ1) is 8.78. The summed E-state index contributed by atoms with van der Waals surface area (Å²) in [5.74, 6) is 0.929. The van der Waals surface area contributed by atoms with Crippen molar-refractivity contribution in [3.8, 4) is 0 Å². The molecule has 7 heteroatoms. The SMILES string of the molecule is Bc1cn2cc(CN)nc2c(N2CCOCC2)n1. The van der Waals surface area contributed by atoms with Gasteiger partial charge in [-0.3, -0.25) is 0 Å². The lowest BCUT2D eigenvalue weighted by molar-refractivity contribution is 0.122. The Morgan fingerprint density at radius 1 is 1.28 bits per heavy atom. The van der Waals surface area contributed by atoms with Gasteiger partial charge in [0.25, 0.3) is 0 Å². The number of imidazole rings is 1. The minimum atomic E-state index is 0.448. The van der Waals surface area contributed by atoms with Crippen molar-refractivity contribution in [2.45, 2.75) is 6.54 Å². The van der Waals surface area contributed by atoms with Crippen LogP contribution in [0.3, 0.4) is 0 Å². The number of morpholine rings is 1. The van der Waals surface area contributed by atoms with E-state index in [0.29, 0.717) is 6.54 Å². The van der Waals surface area contributed by atoms with Crippen molar-refractivity contribution in [1.82, 2.24) is 14.4 Å². The highest BCUT2D eigenvalue weighted by molar-refractivity contribution is 6.30. The predicted octanol–water partition coefficient (Wildman–Crippen LogP) is -1.72. The Morgan fingerprint density at radius 2 is 2.06 bits per heavy atom. The maximum absolute atomic E-state index is 5.65. The van der Waals surface area contributed by atoms with Gasteiger partial charge < -0.3 is 19.8 Å². The molecule has 0 bridgehead atoms. The van der Waals surface area contributed by atoms with Crippen molar-refractivity contribution in [2.75, 3.05) is 31.2 Å². The smallest absolute Gasteiger partial charge is 0.180 e. The first kappa shape index (κ1) is 11.5. The largest absolute Gasteiger partial charge is 0.378 e. The zero-order valence-electron chi connectivity index (χ0n) is 10.5. The second kappa shape index (κ2) is 4.58. The molecule has 1 saturated heterocycles. The Morgan fingerprint density at radius 3 is 2.78 bits per heavy atom. The summed E-state index contributed by atoms with van der Waals surface area (Å²) in [6, 6.07) is 0. The Kier molecular flexibility index (Phi) is 2.93. The molecule has 0 spiro atoms. The Balaban J connectivity index is 2.10. The molecule has 0 radical (unpaired) electrons. The van der Waals surface area contributed by atoms with Gasteiger partial charge >= 0.3 is 0 Å². The molecule has 0 aromatic carbocycles. The molecule has 2 aromatic rings. The molecular formula is C11H16BN5O. The number of nitrogens with two attached hydrogens (primary N) is 1. The summed E-state index contributed by atoms with van der Waals surface area (Å²) in [5, 5.41) is 0. The molecule has 0 saturated carbocycles. The van der Waals surface area contributed by atoms with Gasteiger partial charge in [-0.05, 0) is 0 Å². The van der Waals surface area contributed by atoms with E-state index in [1.54, 1.807) is 0 Å². The molecule has 0 aliphatic carbocycles. The van der Waals surface area contributed by atoms with E-state index in [9.17, 15) is 0 Å². The third kappa shape index (κ3) is 1.95. The molecule has 6 nitrogen and oxygen atoms in total. The monoisotopic (exact) mass is 245 g/mol. The van der Waals surface area contributed by atoms with Crippen LogP contribution in [0.5, 0.6) is 0 Å². The minimum absolute atomic E-state index is 0.448. The topological polar surface area (TPSA) is 68.7 Å². The Bertz CT molecular complexity index is 564. The summed E-state index contributed by atoms with van der Waals surface area (Å²) in [6.45, 7) is 3.65. The fourth-order valence-electron chi connectivity index (χ4n) is 2.24. The lowest BCUT2D eigenvalue weighted by Gasteiger charge is -2.28. The van der Waals surface area contributed by atoms with E-state index >= 15 is 0 Å². The van der Waals surface area contributed by atoms with E-state index in [1.165, 1.54) is 0 Å². The Labute approximate surface area is 106 Å². The number of hydrogen-bond donors (Lipinski definition) is 1. The second-order valence-corrected chi connectivity index (χ2v) is 4.47. The van der Waals surface area contributed by atoms with E-state index in [-0.39, 0.29) is 0 Å². The fourth-order valence-corrected chi connectivity index (χ4v) is 2.24. The Hall–Kier alpha value is -1.60. The normalized spacial score (nSPS) is 16.4. The molecule has 3 rings (SSSR count). The summed E-state index contributed by atoms with van der Waals surface area (Å²) in [4.78, 5) is 11.4. The highest BCUT2D eigenvalue weighted by atomic mass is 16.5. The third-order valence-electron chi connectivity index (χ3n) is 3.11. The summed E-state index contributed by atoms with van der Waals surface area (Å²) in [7, 11) is 1.99. The molecule has 3 heterocycles. The van der Waals surface area contributed by atoms with Crippen LogP contribution in [0.2, 0.25) is 0 Å². The molecule has 2 aromatic heterocycles. The molecule has 0 atom stereocenters. The second-order valence-electron chi connectivity index (χ2n) is 4.47. The third-order valence-corrected chi connectivity index (χ3v) is 3.11. The quantitative estimate of drug-likeness (QED) is 0.637. The molecule has 94 valence electrons. The van der Waals surface area contributed by atoms with Crippen molar-refractivity contribution < 1.29 is 4.74 Å². The molecule has 18 heavy (non-hydrogen) atoms. The van der Waals surface area contributed by atoms with Crippen LogP contribution in [0.15, 0.2) is 12.4 Å². The van der Waals surface area contributed by atoms with Crippen molar-refractivity contribution >= 4 is 24.9 Å². The van der Waals surface area contributed by atoms with Gasteiger partial charge in [0.15, 0.2) is 19.3 Å².